The largest absolute Gasteiger partial charge is 0.508 e. The van der Waals surface area contributed by atoms with E-state index >= 15 is 0 Å². The second kappa shape index (κ2) is 10.6. The third kappa shape index (κ3) is 7.76. The molecule has 0 aliphatic heterocycles. The Labute approximate surface area is 142 Å². The van der Waals surface area contributed by atoms with Crippen molar-refractivity contribution in [2.24, 2.45) is 11.8 Å². The van der Waals surface area contributed by atoms with Crippen molar-refractivity contribution in [3.8, 4) is 11.5 Å². The molecule has 0 amide bonds. The van der Waals surface area contributed by atoms with Crippen LogP contribution in [0.5, 0.6) is 11.5 Å². The summed E-state index contributed by atoms with van der Waals surface area (Å²) in [5.41, 5.74) is 1.77. The lowest BCUT2D eigenvalue weighted by Crippen LogP contribution is -2.00. The Bertz CT molecular complexity index is 428. The van der Waals surface area contributed by atoms with E-state index in [2.05, 4.69) is 27.7 Å². The predicted molar refractivity (Wildman–Crippen MR) is 99.2 cm³/mol. The van der Waals surface area contributed by atoms with Crippen molar-refractivity contribution in [1.29, 1.82) is 0 Å². The van der Waals surface area contributed by atoms with Gasteiger partial charge in [0.05, 0.1) is 0 Å². The molecule has 0 fully saturated rings. The molecule has 0 aromatic heterocycles. The maximum atomic E-state index is 10.2. The van der Waals surface area contributed by atoms with Gasteiger partial charge in [-0.2, -0.15) is 0 Å². The Morgan fingerprint density at radius 3 is 2.04 bits per heavy atom. The molecule has 0 aliphatic rings. The van der Waals surface area contributed by atoms with E-state index in [1.807, 2.05) is 12.1 Å². The first-order valence-corrected chi connectivity index (χ1v) is 9.47. The van der Waals surface area contributed by atoms with Gasteiger partial charge in [0.25, 0.3) is 0 Å². The van der Waals surface area contributed by atoms with E-state index in [4.69, 9.17) is 0 Å². The molecule has 0 heterocycles. The van der Waals surface area contributed by atoms with E-state index in [-0.39, 0.29) is 11.5 Å². The summed E-state index contributed by atoms with van der Waals surface area (Å²) in [5, 5.41) is 20.5. The van der Waals surface area contributed by atoms with Gasteiger partial charge in [-0.25, -0.2) is 0 Å². The molecule has 2 nitrogen and oxygen atoms in total. The number of aromatic hydroxyl groups is 2. The number of aryl methyl sites for hydroxylation is 1. The van der Waals surface area contributed by atoms with E-state index in [0.29, 0.717) is 5.92 Å². The minimum Gasteiger partial charge on any atom is -0.508 e. The Balaban J connectivity index is 2.50. The molecule has 0 saturated heterocycles. The maximum absolute atomic E-state index is 10.2. The fraction of sp³-hybridized carbons (Fsp3) is 0.714. The first-order chi connectivity index (χ1) is 10.9. The molecule has 0 spiro atoms. The van der Waals surface area contributed by atoms with Crippen LogP contribution in [0.2, 0.25) is 0 Å². The third-order valence-electron chi connectivity index (χ3n) is 4.70. The minimum absolute atomic E-state index is 0.269. The van der Waals surface area contributed by atoms with Gasteiger partial charge in [0.1, 0.15) is 11.5 Å². The molecule has 1 aromatic carbocycles. The molecular weight excluding hydrogens is 284 g/mol. The molecule has 1 atom stereocenters. The highest BCUT2D eigenvalue weighted by atomic mass is 16.3. The third-order valence-corrected chi connectivity index (χ3v) is 4.70. The standard InChI is InChI=1S/C21H36O2/c1-5-6-7-11-18-14-20(22)19(21(23)15-18)13-12-17(4)10-8-9-16(2)3/h14-17,22-23H,5-13H2,1-4H3/t17-/m1/s1. The molecule has 1 aromatic rings. The van der Waals surface area contributed by atoms with Crippen molar-refractivity contribution in [3.63, 3.8) is 0 Å². The molecule has 23 heavy (non-hydrogen) atoms. The Morgan fingerprint density at radius 1 is 0.826 bits per heavy atom. The fourth-order valence-electron chi connectivity index (χ4n) is 3.09. The molecule has 1 rings (SSSR count). The van der Waals surface area contributed by atoms with Crippen LogP contribution in [0.15, 0.2) is 12.1 Å². The van der Waals surface area contributed by atoms with E-state index in [0.717, 1.165) is 42.7 Å². The average Bonchev–Trinajstić information content (AvgIpc) is 2.46. The SMILES string of the molecule is CCCCCc1cc(O)c(CC[C@H](C)CCCC(C)C)c(O)c1. The first kappa shape index (κ1) is 19.9. The number of rotatable bonds is 11. The molecule has 132 valence electrons. The molecule has 2 heteroatoms. The van der Waals surface area contributed by atoms with Gasteiger partial charge >= 0.3 is 0 Å². The van der Waals surface area contributed by atoms with E-state index in [9.17, 15) is 10.2 Å². The smallest absolute Gasteiger partial charge is 0.122 e. The molecule has 0 bridgehead atoms. The summed E-state index contributed by atoms with van der Waals surface area (Å²) >= 11 is 0. The van der Waals surface area contributed by atoms with Crippen LogP contribution < -0.4 is 0 Å². The van der Waals surface area contributed by atoms with Crippen molar-refractivity contribution in [2.45, 2.75) is 85.5 Å². The summed E-state index contributed by atoms with van der Waals surface area (Å²) in [6, 6.07) is 3.68. The predicted octanol–water partition coefficient (Wildman–Crippen LogP) is 6.23. The van der Waals surface area contributed by atoms with E-state index in [1.54, 1.807) is 0 Å². The van der Waals surface area contributed by atoms with Gasteiger partial charge in [0, 0.05) is 5.56 Å². The van der Waals surface area contributed by atoms with Crippen LogP contribution in [0.25, 0.3) is 0 Å². The second-order valence-corrected chi connectivity index (χ2v) is 7.54. The van der Waals surface area contributed by atoms with Crippen molar-refractivity contribution < 1.29 is 10.2 Å². The van der Waals surface area contributed by atoms with Gasteiger partial charge < -0.3 is 10.2 Å². The van der Waals surface area contributed by atoms with Crippen molar-refractivity contribution in [1.82, 2.24) is 0 Å². The zero-order chi connectivity index (χ0) is 17.2. The summed E-state index contributed by atoms with van der Waals surface area (Å²) in [6.45, 7) is 8.99. The van der Waals surface area contributed by atoms with Gasteiger partial charge in [-0.1, -0.05) is 59.8 Å². The Morgan fingerprint density at radius 2 is 1.48 bits per heavy atom. The lowest BCUT2D eigenvalue weighted by Gasteiger charge is -2.14. The molecule has 0 radical (unpaired) electrons. The van der Waals surface area contributed by atoms with Gasteiger partial charge in [0.2, 0.25) is 0 Å². The summed E-state index contributed by atoms with van der Waals surface area (Å²) in [7, 11) is 0. The summed E-state index contributed by atoms with van der Waals surface area (Å²) in [4.78, 5) is 0. The first-order valence-electron chi connectivity index (χ1n) is 9.47. The second-order valence-electron chi connectivity index (χ2n) is 7.54. The fourth-order valence-corrected chi connectivity index (χ4v) is 3.09. The van der Waals surface area contributed by atoms with Crippen LogP contribution in [0.4, 0.5) is 0 Å². The van der Waals surface area contributed by atoms with Crippen LogP contribution in [0.3, 0.4) is 0 Å². The number of hydrogen-bond donors (Lipinski definition) is 2. The van der Waals surface area contributed by atoms with Crippen LogP contribution >= 0.6 is 0 Å². The van der Waals surface area contributed by atoms with Crippen LogP contribution in [0, 0.1) is 11.8 Å². The number of phenols is 2. The Hall–Kier alpha value is -1.18. The summed E-state index contributed by atoms with van der Waals surface area (Å²) in [5.74, 6) is 1.95. The number of unbranched alkanes of at least 4 members (excludes halogenated alkanes) is 2. The monoisotopic (exact) mass is 320 g/mol. The molecule has 2 N–H and O–H groups in total. The highest BCUT2D eigenvalue weighted by Gasteiger charge is 2.12. The van der Waals surface area contributed by atoms with E-state index in [1.165, 1.54) is 32.1 Å². The number of benzene rings is 1. The minimum atomic E-state index is 0.269. The maximum Gasteiger partial charge on any atom is 0.122 e. The summed E-state index contributed by atoms with van der Waals surface area (Å²) in [6.07, 6.45) is 9.99. The zero-order valence-electron chi connectivity index (χ0n) is 15.6. The van der Waals surface area contributed by atoms with E-state index < -0.39 is 0 Å². The highest BCUT2D eigenvalue weighted by molar-refractivity contribution is 5.46. The zero-order valence-corrected chi connectivity index (χ0v) is 15.6. The molecule has 0 aliphatic carbocycles. The van der Waals surface area contributed by atoms with Gasteiger partial charge in [-0.05, 0) is 55.2 Å². The van der Waals surface area contributed by atoms with Crippen LogP contribution in [-0.2, 0) is 12.8 Å². The normalized spacial score (nSPS) is 12.7. The lowest BCUT2D eigenvalue weighted by molar-refractivity contribution is 0.413. The van der Waals surface area contributed by atoms with Gasteiger partial charge in [0.15, 0.2) is 0 Å². The quantitative estimate of drug-likeness (QED) is 0.475. The molecular formula is C21H36O2. The van der Waals surface area contributed by atoms with Crippen molar-refractivity contribution in [3.05, 3.63) is 23.3 Å². The van der Waals surface area contributed by atoms with Crippen LogP contribution in [0.1, 0.15) is 83.8 Å². The van der Waals surface area contributed by atoms with Crippen molar-refractivity contribution in [2.75, 3.05) is 0 Å². The Kier molecular flexibility index (Phi) is 9.13. The van der Waals surface area contributed by atoms with Gasteiger partial charge in [-0.3, -0.25) is 0 Å². The van der Waals surface area contributed by atoms with Crippen LogP contribution in [-0.4, -0.2) is 10.2 Å². The molecule has 0 unspecified atom stereocenters. The molecule has 0 saturated carbocycles. The highest BCUT2D eigenvalue weighted by Crippen LogP contribution is 2.32. The summed E-state index contributed by atoms with van der Waals surface area (Å²) < 4.78 is 0. The lowest BCUT2D eigenvalue weighted by atomic mass is 9.93. The number of hydrogen-bond acceptors (Lipinski definition) is 2. The van der Waals surface area contributed by atoms with Crippen molar-refractivity contribution >= 4 is 0 Å². The topological polar surface area (TPSA) is 40.5 Å². The average molecular weight is 321 g/mol. The number of phenolic OH excluding ortho intramolecular Hbond substituents is 2. The van der Waals surface area contributed by atoms with Gasteiger partial charge in [-0.15, -0.1) is 0 Å².